The quantitative estimate of drug-likeness (QED) is 0.858. The van der Waals surface area contributed by atoms with Gasteiger partial charge in [-0.2, -0.15) is 0 Å². The van der Waals surface area contributed by atoms with Crippen molar-refractivity contribution in [3.8, 4) is 0 Å². The summed E-state index contributed by atoms with van der Waals surface area (Å²) in [5.74, 6) is 0.877. The first-order chi connectivity index (χ1) is 9.27. The highest BCUT2D eigenvalue weighted by molar-refractivity contribution is 6.62. The summed E-state index contributed by atoms with van der Waals surface area (Å²) in [6, 6.07) is 2.03. The van der Waals surface area contributed by atoms with Crippen molar-refractivity contribution < 1.29 is 9.31 Å². The van der Waals surface area contributed by atoms with Crippen LogP contribution in [0.25, 0.3) is 0 Å². The fraction of sp³-hybridized carbons (Fsp3) is 0.667. The van der Waals surface area contributed by atoms with E-state index in [1.165, 1.54) is 0 Å². The Bertz CT molecular complexity index is 473. The van der Waals surface area contributed by atoms with E-state index in [9.17, 15) is 0 Å². The van der Waals surface area contributed by atoms with Gasteiger partial charge in [-0.15, -0.1) is 0 Å². The summed E-state index contributed by atoms with van der Waals surface area (Å²) in [6.45, 7) is 13.4. The molecule has 4 nitrogen and oxygen atoms in total. The second-order valence-electron chi connectivity index (χ2n) is 6.44. The Morgan fingerprint density at radius 2 is 1.80 bits per heavy atom. The van der Waals surface area contributed by atoms with Gasteiger partial charge >= 0.3 is 7.12 Å². The normalized spacial score (nSPS) is 20.2. The maximum absolute atomic E-state index is 6.11. The molecule has 1 N–H and O–H groups in total. The lowest BCUT2D eigenvalue weighted by molar-refractivity contribution is 0.00578. The molecule has 5 heteroatoms. The Morgan fingerprint density at radius 3 is 2.35 bits per heavy atom. The molecule has 20 heavy (non-hydrogen) atoms. The van der Waals surface area contributed by atoms with Gasteiger partial charge in [-0.1, -0.05) is 6.92 Å². The second-order valence-corrected chi connectivity index (χ2v) is 6.44. The van der Waals surface area contributed by atoms with Crippen molar-refractivity contribution in [1.82, 2.24) is 4.98 Å². The molecule has 0 atom stereocenters. The van der Waals surface area contributed by atoms with Crippen LogP contribution in [-0.4, -0.2) is 29.8 Å². The van der Waals surface area contributed by atoms with Gasteiger partial charge in [0, 0.05) is 12.7 Å². The van der Waals surface area contributed by atoms with Crippen LogP contribution in [0, 0.1) is 6.92 Å². The van der Waals surface area contributed by atoms with Crippen LogP contribution < -0.4 is 10.8 Å². The molecule has 1 aliphatic heterocycles. The van der Waals surface area contributed by atoms with Crippen molar-refractivity contribution in [1.29, 1.82) is 0 Å². The van der Waals surface area contributed by atoms with Gasteiger partial charge in [0.2, 0.25) is 0 Å². The molecule has 110 valence electrons. The van der Waals surface area contributed by atoms with Crippen LogP contribution in [0.3, 0.4) is 0 Å². The Balaban J connectivity index is 2.25. The maximum atomic E-state index is 6.11. The number of hydrogen-bond donors (Lipinski definition) is 1. The molecule has 0 aliphatic carbocycles. The van der Waals surface area contributed by atoms with Crippen LogP contribution in [0.2, 0.25) is 0 Å². The molecular weight excluding hydrogens is 251 g/mol. The largest absolute Gasteiger partial charge is 0.495 e. The number of rotatable bonds is 4. The molecule has 1 fully saturated rings. The van der Waals surface area contributed by atoms with E-state index in [-0.39, 0.29) is 18.3 Å². The van der Waals surface area contributed by atoms with Gasteiger partial charge in [0.05, 0.1) is 11.2 Å². The van der Waals surface area contributed by atoms with E-state index in [0.29, 0.717) is 0 Å². The van der Waals surface area contributed by atoms with Crippen LogP contribution in [0.5, 0.6) is 0 Å². The smallest absolute Gasteiger partial charge is 0.399 e. The molecular formula is C15H25BN2O2. The van der Waals surface area contributed by atoms with Gasteiger partial charge in [0.15, 0.2) is 0 Å². The average molecular weight is 276 g/mol. The molecule has 0 radical (unpaired) electrons. The highest BCUT2D eigenvalue weighted by Crippen LogP contribution is 2.36. The standard InChI is InChI=1S/C15H25BN2O2/c1-7-8-17-13-9-12(11(2)10-18-13)16-19-14(3,4)15(5,6)20-16/h9-10H,7-8H2,1-6H3,(H,17,18). The third-order valence-electron chi connectivity index (χ3n) is 4.21. The average Bonchev–Trinajstić information content (AvgIpc) is 2.57. The van der Waals surface area contributed by atoms with Crippen molar-refractivity contribution in [2.75, 3.05) is 11.9 Å². The van der Waals surface area contributed by atoms with Gasteiger partial charge in [0.25, 0.3) is 0 Å². The van der Waals surface area contributed by atoms with Crippen molar-refractivity contribution in [2.45, 2.75) is 59.2 Å². The lowest BCUT2D eigenvalue weighted by Crippen LogP contribution is -2.41. The molecule has 2 rings (SSSR count). The first-order valence-electron chi connectivity index (χ1n) is 7.33. The first-order valence-corrected chi connectivity index (χ1v) is 7.33. The highest BCUT2D eigenvalue weighted by Gasteiger charge is 2.52. The van der Waals surface area contributed by atoms with E-state index >= 15 is 0 Å². The lowest BCUT2D eigenvalue weighted by Gasteiger charge is -2.32. The minimum Gasteiger partial charge on any atom is -0.399 e. The molecule has 1 aromatic rings. The van der Waals surface area contributed by atoms with Gasteiger partial charge in [-0.05, 0) is 58.1 Å². The number of nitrogens with one attached hydrogen (secondary N) is 1. The Kier molecular flexibility index (Phi) is 4.12. The molecule has 2 heterocycles. The SMILES string of the molecule is CCCNc1cc(B2OC(C)(C)C(C)(C)O2)c(C)cn1. The van der Waals surface area contributed by atoms with E-state index in [1.807, 2.05) is 19.2 Å². The van der Waals surface area contributed by atoms with Gasteiger partial charge in [-0.3, -0.25) is 0 Å². The predicted octanol–water partition coefficient (Wildman–Crippen LogP) is 2.51. The zero-order valence-corrected chi connectivity index (χ0v) is 13.4. The minimum absolute atomic E-state index is 0.315. The monoisotopic (exact) mass is 276 g/mol. The fourth-order valence-corrected chi connectivity index (χ4v) is 2.11. The molecule has 1 saturated heterocycles. The van der Waals surface area contributed by atoms with Gasteiger partial charge < -0.3 is 14.6 Å². The molecule has 0 aromatic carbocycles. The molecule has 0 saturated carbocycles. The summed E-state index contributed by atoms with van der Waals surface area (Å²) in [6.07, 6.45) is 2.94. The van der Waals surface area contributed by atoms with Crippen LogP contribution in [0.1, 0.15) is 46.6 Å². The second kappa shape index (κ2) is 5.37. The zero-order chi connectivity index (χ0) is 15.0. The summed E-state index contributed by atoms with van der Waals surface area (Å²) in [5.41, 5.74) is 1.51. The Hall–Kier alpha value is -1.07. The number of hydrogen-bond acceptors (Lipinski definition) is 4. The van der Waals surface area contributed by atoms with Crippen LogP contribution in [0.15, 0.2) is 12.3 Å². The highest BCUT2D eigenvalue weighted by atomic mass is 16.7. The number of nitrogens with zero attached hydrogens (tertiary/aromatic N) is 1. The van der Waals surface area contributed by atoms with Gasteiger partial charge in [-0.25, -0.2) is 4.98 Å². The number of anilines is 1. The van der Waals surface area contributed by atoms with Crippen molar-refractivity contribution in [3.63, 3.8) is 0 Å². The number of aryl methyl sites for hydroxylation is 1. The van der Waals surface area contributed by atoms with Crippen molar-refractivity contribution in [3.05, 3.63) is 17.8 Å². The van der Waals surface area contributed by atoms with E-state index < -0.39 is 0 Å². The van der Waals surface area contributed by atoms with Crippen LogP contribution in [0.4, 0.5) is 5.82 Å². The molecule has 0 unspecified atom stereocenters. The summed E-state index contributed by atoms with van der Waals surface area (Å²) in [5, 5.41) is 3.30. The maximum Gasteiger partial charge on any atom is 0.495 e. The molecule has 0 bridgehead atoms. The summed E-state index contributed by atoms with van der Waals surface area (Å²) in [7, 11) is -0.329. The minimum atomic E-state index is -0.329. The van der Waals surface area contributed by atoms with Crippen molar-refractivity contribution >= 4 is 18.4 Å². The summed E-state index contributed by atoms with van der Waals surface area (Å²) >= 11 is 0. The fourth-order valence-electron chi connectivity index (χ4n) is 2.11. The first kappa shape index (κ1) is 15.3. The lowest BCUT2D eigenvalue weighted by atomic mass is 9.77. The Labute approximate surface area is 122 Å². The van der Waals surface area contributed by atoms with Crippen molar-refractivity contribution in [2.24, 2.45) is 0 Å². The van der Waals surface area contributed by atoms with Gasteiger partial charge in [0.1, 0.15) is 5.82 Å². The topological polar surface area (TPSA) is 43.4 Å². The third-order valence-corrected chi connectivity index (χ3v) is 4.21. The zero-order valence-electron chi connectivity index (χ0n) is 13.4. The molecule has 1 aliphatic rings. The molecule has 1 aromatic heterocycles. The van der Waals surface area contributed by atoms with Crippen LogP contribution in [-0.2, 0) is 9.31 Å². The third kappa shape index (κ3) is 2.84. The predicted molar refractivity (Wildman–Crippen MR) is 83.5 cm³/mol. The molecule has 0 spiro atoms. The molecule has 0 amide bonds. The van der Waals surface area contributed by atoms with E-state index in [2.05, 4.69) is 44.9 Å². The van der Waals surface area contributed by atoms with E-state index in [0.717, 1.165) is 29.8 Å². The number of aromatic nitrogens is 1. The van der Waals surface area contributed by atoms with E-state index in [1.54, 1.807) is 0 Å². The van der Waals surface area contributed by atoms with E-state index in [4.69, 9.17) is 9.31 Å². The summed E-state index contributed by atoms with van der Waals surface area (Å²) < 4.78 is 12.2. The Morgan fingerprint density at radius 1 is 1.20 bits per heavy atom. The summed E-state index contributed by atoms with van der Waals surface area (Å²) in [4.78, 5) is 4.40. The van der Waals surface area contributed by atoms with Crippen LogP contribution >= 0.6 is 0 Å². The number of pyridine rings is 1.